The first kappa shape index (κ1) is 18.3. The standard InChI is InChI=1S/C24H27N3O2/c1-18-6-4-7-19(16-18)23-21-8-5-13-25(21)14-15-27(23)17-20-9-10-22(29-20)24(28)26-11-2-3-12-26/h4-10,13,16,23H,2-3,11-12,14-15,17H2,1H3/p+1/t23-/m0/s1. The lowest BCUT2D eigenvalue weighted by Gasteiger charge is -2.34. The van der Waals surface area contributed by atoms with E-state index in [9.17, 15) is 4.79 Å². The molecule has 1 N–H and O–H groups in total. The summed E-state index contributed by atoms with van der Waals surface area (Å²) < 4.78 is 8.38. The number of amides is 1. The Kier molecular flexibility index (Phi) is 4.76. The molecule has 150 valence electrons. The van der Waals surface area contributed by atoms with Crippen molar-refractivity contribution in [3.63, 3.8) is 0 Å². The third-order valence-electron chi connectivity index (χ3n) is 6.28. The third-order valence-corrected chi connectivity index (χ3v) is 6.28. The van der Waals surface area contributed by atoms with E-state index in [1.54, 1.807) is 0 Å². The summed E-state index contributed by atoms with van der Waals surface area (Å²) in [4.78, 5) is 16.0. The van der Waals surface area contributed by atoms with E-state index in [2.05, 4.69) is 54.1 Å². The van der Waals surface area contributed by atoms with Gasteiger partial charge in [-0.25, -0.2) is 0 Å². The highest BCUT2D eigenvalue weighted by molar-refractivity contribution is 5.91. The minimum atomic E-state index is 0.0338. The van der Waals surface area contributed by atoms with E-state index < -0.39 is 0 Å². The molecule has 1 fully saturated rings. The summed E-state index contributed by atoms with van der Waals surface area (Å²) in [5.41, 5.74) is 3.96. The highest BCUT2D eigenvalue weighted by Gasteiger charge is 2.33. The second-order valence-electron chi connectivity index (χ2n) is 8.32. The molecule has 0 spiro atoms. The van der Waals surface area contributed by atoms with E-state index in [1.807, 2.05) is 17.0 Å². The fourth-order valence-electron chi connectivity index (χ4n) is 4.84. The van der Waals surface area contributed by atoms with Crippen LogP contribution in [0.2, 0.25) is 0 Å². The molecule has 1 aromatic carbocycles. The molecule has 4 heterocycles. The molecular formula is C24H28N3O2+. The lowest BCUT2D eigenvalue weighted by Crippen LogP contribution is -3.12. The summed E-state index contributed by atoms with van der Waals surface area (Å²) in [6.07, 6.45) is 4.36. The lowest BCUT2D eigenvalue weighted by molar-refractivity contribution is -0.944. The Labute approximate surface area is 171 Å². The van der Waals surface area contributed by atoms with Gasteiger partial charge in [-0.15, -0.1) is 0 Å². The average Bonchev–Trinajstić information content (AvgIpc) is 3.48. The molecule has 2 aliphatic heterocycles. The van der Waals surface area contributed by atoms with E-state index in [1.165, 1.54) is 21.7 Å². The number of carbonyl (C=O) groups excluding carboxylic acids is 1. The molecule has 1 amide bonds. The Morgan fingerprint density at radius 2 is 1.97 bits per heavy atom. The topological polar surface area (TPSA) is 42.8 Å². The Morgan fingerprint density at radius 1 is 1.10 bits per heavy atom. The predicted octanol–water partition coefficient (Wildman–Crippen LogP) is 2.81. The van der Waals surface area contributed by atoms with Crippen molar-refractivity contribution in [3.05, 3.63) is 83.1 Å². The summed E-state index contributed by atoms with van der Waals surface area (Å²) >= 11 is 0. The molecule has 5 rings (SSSR count). The van der Waals surface area contributed by atoms with Crippen molar-refractivity contribution in [2.75, 3.05) is 19.6 Å². The number of nitrogens with one attached hydrogen (secondary N) is 1. The van der Waals surface area contributed by atoms with Crippen LogP contribution in [0.3, 0.4) is 0 Å². The SMILES string of the molecule is Cc1cccc([C@H]2c3cccn3CC[NH+]2Cc2ccc(C(=O)N3CCCC3)o2)c1. The number of nitrogens with zero attached hydrogens (tertiary/aromatic N) is 2. The number of benzene rings is 1. The van der Waals surface area contributed by atoms with Gasteiger partial charge in [-0.1, -0.05) is 23.8 Å². The van der Waals surface area contributed by atoms with Crippen molar-refractivity contribution in [3.8, 4) is 0 Å². The van der Waals surface area contributed by atoms with Crippen LogP contribution in [0.1, 0.15) is 52.0 Å². The van der Waals surface area contributed by atoms with Gasteiger partial charge >= 0.3 is 0 Å². The highest BCUT2D eigenvalue weighted by Crippen LogP contribution is 2.24. The van der Waals surface area contributed by atoms with Crippen molar-refractivity contribution in [2.24, 2.45) is 0 Å². The Bertz CT molecular complexity index is 1010. The van der Waals surface area contributed by atoms with Crippen LogP contribution in [0.25, 0.3) is 0 Å². The quantitative estimate of drug-likeness (QED) is 0.744. The molecule has 2 aliphatic rings. The van der Waals surface area contributed by atoms with Crippen LogP contribution < -0.4 is 4.90 Å². The fraction of sp³-hybridized carbons (Fsp3) is 0.375. The van der Waals surface area contributed by atoms with Crippen molar-refractivity contribution in [1.29, 1.82) is 0 Å². The van der Waals surface area contributed by atoms with Crippen molar-refractivity contribution >= 4 is 5.91 Å². The highest BCUT2D eigenvalue weighted by atomic mass is 16.4. The first-order chi connectivity index (χ1) is 14.2. The maximum absolute atomic E-state index is 12.6. The van der Waals surface area contributed by atoms with Crippen LogP contribution >= 0.6 is 0 Å². The summed E-state index contributed by atoms with van der Waals surface area (Å²) in [5.74, 6) is 1.40. The van der Waals surface area contributed by atoms with Crippen LogP contribution in [0, 0.1) is 6.92 Å². The molecule has 2 atom stereocenters. The van der Waals surface area contributed by atoms with Crippen molar-refractivity contribution < 1.29 is 14.1 Å². The monoisotopic (exact) mass is 390 g/mol. The lowest BCUT2D eigenvalue weighted by atomic mass is 9.98. The smallest absolute Gasteiger partial charge is 0.289 e. The number of aryl methyl sites for hydroxylation is 1. The number of quaternary nitrogens is 1. The summed E-state index contributed by atoms with van der Waals surface area (Å²) in [6, 6.07) is 17.3. The van der Waals surface area contributed by atoms with Gasteiger partial charge in [0, 0.05) is 24.8 Å². The first-order valence-corrected chi connectivity index (χ1v) is 10.6. The van der Waals surface area contributed by atoms with Gasteiger partial charge in [0.2, 0.25) is 0 Å². The zero-order valence-electron chi connectivity index (χ0n) is 16.9. The molecule has 2 aromatic heterocycles. The van der Waals surface area contributed by atoms with Crippen LogP contribution in [0.4, 0.5) is 0 Å². The summed E-state index contributed by atoms with van der Waals surface area (Å²) in [6.45, 7) is 6.64. The zero-order chi connectivity index (χ0) is 19.8. The molecular weight excluding hydrogens is 362 g/mol. The summed E-state index contributed by atoms with van der Waals surface area (Å²) in [5, 5.41) is 0. The van der Waals surface area contributed by atoms with Gasteiger partial charge in [-0.05, 0) is 50.1 Å². The van der Waals surface area contributed by atoms with Gasteiger partial charge < -0.3 is 18.8 Å². The maximum atomic E-state index is 12.6. The third kappa shape index (κ3) is 3.51. The van der Waals surface area contributed by atoms with Gasteiger partial charge in [-0.2, -0.15) is 0 Å². The molecule has 0 aliphatic carbocycles. The number of carbonyl (C=O) groups is 1. The van der Waals surface area contributed by atoms with E-state index >= 15 is 0 Å². The Balaban J connectivity index is 1.40. The largest absolute Gasteiger partial charge is 0.450 e. The number of aromatic nitrogens is 1. The van der Waals surface area contributed by atoms with E-state index in [-0.39, 0.29) is 11.9 Å². The normalized spacial score (nSPS) is 21.3. The van der Waals surface area contributed by atoms with Gasteiger partial charge in [0.25, 0.3) is 5.91 Å². The van der Waals surface area contributed by atoms with Gasteiger partial charge in [0.05, 0.1) is 18.8 Å². The average molecular weight is 391 g/mol. The minimum absolute atomic E-state index is 0.0338. The number of furan rings is 1. The fourth-order valence-corrected chi connectivity index (χ4v) is 4.84. The number of likely N-dealkylation sites (tertiary alicyclic amines) is 1. The minimum Gasteiger partial charge on any atom is -0.450 e. The first-order valence-electron chi connectivity index (χ1n) is 10.6. The van der Waals surface area contributed by atoms with Crippen molar-refractivity contribution in [2.45, 2.75) is 38.9 Å². The molecule has 5 nitrogen and oxygen atoms in total. The van der Waals surface area contributed by atoms with Crippen LogP contribution in [0.15, 0.2) is 59.1 Å². The van der Waals surface area contributed by atoms with E-state index in [4.69, 9.17) is 4.42 Å². The van der Waals surface area contributed by atoms with Crippen LogP contribution in [-0.4, -0.2) is 35.0 Å². The van der Waals surface area contributed by atoms with E-state index in [0.717, 1.165) is 51.3 Å². The Morgan fingerprint density at radius 3 is 2.79 bits per heavy atom. The van der Waals surface area contributed by atoms with Gasteiger partial charge in [0.15, 0.2) is 17.6 Å². The molecule has 1 unspecified atom stereocenters. The number of fused-ring (bicyclic) bond motifs is 1. The van der Waals surface area contributed by atoms with Gasteiger partial charge in [-0.3, -0.25) is 4.79 Å². The molecule has 0 saturated carbocycles. The number of rotatable bonds is 4. The van der Waals surface area contributed by atoms with Crippen LogP contribution in [0.5, 0.6) is 0 Å². The molecule has 0 bridgehead atoms. The van der Waals surface area contributed by atoms with E-state index in [0.29, 0.717) is 5.76 Å². The van der Waals surface area contributed by atoms with Gasteiger partial charge in [0.1, 0.15) is 6.54 Å². The number of hydrogen-bond donors (Lipinski definition) is 1. The van der Waals surface area contributed by atoms with Crippen LogP contribution in [-0.2, 0) is 13.1 Å². The second kappa shape index (κ2) is 7.56. The molecule has 0 radical (unpaired) electrons. The maximum Gasteiger partial charge on any atom is 0.289 e. The molecule has 3 aromatic rings. The molecule has 29 heavy (non-hydrogen) atoms. The molecule has 1 saturated heterocycles. The molecule has 5 heteroatoms. The Hall–Kier alpha value is -2.79. The second-order valence-corrected chi connectivity index (χ2v) is 8.32. The predicted molar refractivity (Wildman–Crippen MR) is 111 cm³/mol. The van der Waals surface area contributed by atoms with Crippen molar-refractivity contribution in [1.82, 2.24) is 9.47 Å². The number of hydrogen-bond acceptors (Lipinski definition) is 2. The zero-order valence-corrected chi connectivity index (χ0v) is 16.9. The summed E-state index contributed by atoms with van der Waals surface area (Å²) in [7, 11) is 0.